The van der Waals surface area contributed by atoms with Gasteiger partial charge in [0, 0.05) is 17.0 Å². The van der Waals surface area contributed by atoms with Crippen molar-refractivity contribution in [3.63, 3.8) is 0 Å². The summed E-state index contributed by atoms with van der Waals surface area (Å²) in [7, 11) is 0. The molecule has 0 saturated heterocycles. The third-order valence-electron chi connectivity index (χ3n) is 5.90. The summed E-state index contributed by atoms with van der Waals surface area (Å²) in [5, 5.41) is 12.8. The number of hydrogen-bond donors (Lipinski definition) is 1. The second kappa shape index (κ2) is 10.3. The molecule has 0 spiro atoms. The van der Waals surface area contributed by atoms with Crippen LogP contribution < -0.4 is 14.8 Å². The molecular formula is C24H26N4O5S2. The molecule has 1 amide bonds. The van der Waals surface area contributed by atoms with Crippen molar-refractivity contribution in [2.75, 3.05) is 24.5 Å². The van der Waals surface area contributed by atoms with Crippen LogP contribution in [-0.4, -0.2) is 45.8 Å². The number of benzene rings is 1. The maximum absolute atomic E-state index is 12.9. The summed E-state index contributed by atoms with van der Waals surface area (Å²) in [4.78, 5) is 26.7. The molecule has 184 valence electrons. The van der Waals surface area contributed by atoms with Gasteiger partial charge < -0.3 is 24.1 Å². The van der Waals surface area contributed by atoms with Gasteiger partial charge in [0.05, 0.1) is 17.9 Å². The fourth-order valence-corrected chi connectivity index (χ4v) is 6.39. The summed E-state index contributed by atoms with van der Waals surface area (Å²) in [6.45, 7) is 4.94. The third-order valence-corrected chi connectivity index (χ3v) is 8.07. The zero-order valence-electron chi connectivity index (χ0n) is 19.6. The molecule has 3 heterocycles. The summed E-state index contributed by atoms with van der Waals surface area (Å²) in [5.41, 5.74) is 2.41. The summed E-state index contributed by atoms with van der Waals surface area (Å²) < 4.78 is 18.1. The summed E-state index contributed by atoms with van der Waals surface area (Å²) in [5.74, 6) is 1.66. The number of carbonyl (C=O) groups excluding carboxylic acids is 2. The molecular weight excluding hydrogens is 488 g/mol. The Bertz CT molecular complexity index is 1270. The van der Waals surface area contributed by atoms with Crippen molar-refractivity contribution in [2.45, 2.75) is 51.2 Å². The molecule has 0 fully saturated rings. The lowest BCUT2D eigenvalue weighted by molar-refractivity contribution is -0.113. The van der Waals surface area contributed by atoms with E-state index in [0.29, 0.717) is 46.2 Å². The van der Waals surface area contributed by atoms with Crippen molar-refractivity contribution < 1.29 is 23.8 Å². The van der Waals surface area contributed by atoms with Crippen LogP contribution in [0.2, 0.25) is 0 Å². The Morgan fingerprint density at radius 1 is 1.17 bits per heavy atom. The van der Waals surface area contributed by atoms with E-state index in [1.54, 1.807) is 6.92 Å². The predicted octanol–water partition coefficient (Wildman–Crippen LogP) is 4.54. The molecule has 0 radical (unpaired) electrons. The maximum Gasteiger partial charge on any atom is 0.341 e. The Morgan fingerprint density at radius 3 is 2.83 bits per heavy atom. The maximum atomic E-state index is 12.9. The molecule has 2 aliphatic rings. The monoisotopic (exact) mass is 514 g/mol. The predicted molar refractivity (Wildman–Crippen MR) is 134 cm³/mol. The van der Waals surface area contributed by atoms with Crippen LogP contribution in [0.4, 0.5) is 5.00 Å². The van der Waals surface area contributed by atoms with Crippen molar-refractivity contribution >= 4 is 40.0 Å². The average molecular weight is 515 g/mol. The SMILES string of the molecule is CCOC(=O)c1c(NC(=O)CSc2nnc(-c3ccc4c(c3)OCO4)n2CC)sc2c1CCCC2. The third kappa shape index (κ3) is 4.74. The van der Waals surface area contributed by atoms with E-state index in [1.807, 2.05) is 29.7 Å². The number of hydrogen-bond acceptors (Lipinski definition) is 9. The molecule has 1 aliphatic heterocycles. The van der Waals surface area contributed by atoms with Gasteiger partial charge in [-0.3, -0.25) is 4.79 Å². The number of aryl methyl sites for hydroxylation is 1. The highest BCUT2D eigenvalue weighted by molar-refractivity contribution is 7.99. The molecule has 1 N–H and O–H groups in total. The van der Waals surface area contributed by atoms with Gasteiger partial charge in [-0.25, -0.2) is 4.79 Å². The molecule has 5 rings (SSSR count). The number of ether oxygens (including phenoxy) is 3. The van der Waals surface area contributed by atoms with Crippen LogP contribution in [0.1, 0.15) is 47.5 Å². The Kier molecular flexibility index (Phi) is 6.96. The zero-order valence-corrected chi connectivity index (χ0v) is 21.2. The number of fused-ring (bicyclic) bond motifs is 2. The van der Waals surface area contributed by atoms with Crippen molar-refractivity contribution in [3.8, 4) is 22.9 Å². The zero-order chi connectivity index (χ0) is 24.4. The Labute approximate surface area is 211 Å². The number of aromatic nitrogens is 3. The highest BCUT2D eigenvalue weighted by Gasteiger charge is 2.27. The van der Waals surface area contributed by atoms with Crippen molar-refractivity contribution in [3.05, 3.63) is 34.2 Å². The number of thioether (sulfide) groups is 1. The molecule has 3 aromatic rings. The quantitative estimate of drug-likeness (QED) is 0.345. The van der Waals surface area contributed by atoms with Crippen LogP contribution >= 0.6 is 23.1 Å². The second-order valence-corrected chi connectivity index (χ2v) is 10.1. The molecule has 11 heteroatoms. The van der Waals surface area contributed by atoms with E-state index >= 15 is 0 Å². The fourth-order valence-electron chi connectivity index (χ4n) is 4.30. The standard InChI is InChI=1S/C24H26N4O5S2/c1-3-28-21(14-9-10-16-17(11-14)33-13-32-16)26-27-24(28)34-12-19(29)25-22-20(23(30)31-4-2)15-7-5-6-8-18(15)35-22/h9-11H,3-8,12-13H2,1-2H3,(H,25,29). The Balaban J connectivity index is 1.30. The van der Waals surface area contributed by atoms with Gasteiger partial charge in [-0.15, -0.1) is 21.5 Å². The number of amides is 1. The lowest BCUT2D eigenvalue weighted by Crippen LogP contribution is -2.17. The number of esters is 1. The topological polar surface area (TPSA) is 105 Å². The Morgan fingerprint density at radius 2 is 2.00 bits per heavy atom. The van der Waals surface area contributed by atoms with Gasteiger partial charge in [0.1, 0.15) is 5.00 Å². The minimum absolute atomic E-state index is 0.143. The highest BCUT2D eigenvalue weighted by Crippen LogP contribution is 2.39. The molecule has 0 bridgehead atoms. The van der Waals surface area contributed by atoms with Crippen LogP contribution in [0.15, 0.2) is 23.4 Å². The smallest absolute Gasteiger partial charge is 0.341 e. The van der Waals surface area contributed by atoms with E-state index in [0.717, 1.165) is 36.8 Å². The van der Waals surface area contributed by atoms with Gasteiger partial charge in [0.15, 0.2) is 22.5 Å². The van der Waals surface area contributed by atoms with Crippen LogP contribution in [-0.2, 0) is 28.9 Å². The molecule has 0 saturated carbocycles. The number of nitrogens with one attached hydrogen (secondary N) is 1. The number of nitrogens with zero attached hydrogens (tertiary/aromatic N) is 3. The van der Waals surface area contributed by atoms with Crippen molar-refractivity contribution in [1.29, 1.82) is 0 Å². The first-order valence-corrected chi connectivity index (χ1v) is 13.5. The molecule has 1 aromatic carbocycles. The minimum atomic E-state index is -0.367. The molecule has 2 aromatic heterocycles. The van der Waals surface area contributed by atoms with Crippen LogP contribution in [0.3, 0.4) is 0 Å². The lowest BCUT2D eigenvalue weighted by atomic mass is 9.95. The molecule has 0 unspecified atom stereocenters. The summed E-state index contributed by atoms with van der Waals surface area (Å²) in [6.07, 6.45) is 3.90. The molecule has 0 atom stereocenters. The highest BCUT2D eigenvalue weighted by atomic mass is 32.2. The summed E-state index contributed by atoms with van der Waals surface area (Å²) in [6, 6.07) is 5.66. The first-order chi connectivity index (χ1) is 17.1. The first kappa shape index (κ1) is 23.7. The minimum Gasteiger partial charge on any atom is -0.462 e. The van der Waals surface area contributed by atoms with E-state index in [4.69, 9.17) is 14.2 Å². The van der Waals surface area contributed by atoms with Crippen molar-refractivity contribution in [2.24, 2.45) is 0 Å². The van der Waals surface area contributed by atoms with Gasteiger partial charge in [-0.2, -0.15) is 0 Å². The van der Waals surface area contributed by atoms with E-state index in [2.05, 4.69) is 15.5 Å². The van der Waals surface area contributed by atoms with Crippen LogP contribution in [0, 0.1) is 0 Å². The van der Waals surface area contributed by atoms with Gasteiger partial charge in [-0.05, 0) is 63.3 Å². The number of carbonyl (C=O) groups is 2. The molecule has 35 heavy (non-hydrogen) atoms. The number of rotatable bonds is 8. The van der Waals surface area contributed by atoms with Crippen molar-refractivity contribution in [1.82, 2.24) is 14.8 Å². The van der Waals surface area contributed by atoms with Gasteiger partial charge in [0.25, 0.3) is 0 Å². The second-order valence-electron chi connectivity index (χ2n) is 8.09. The molecule has 1 aliphatic carbocycles. The van der Waals surface area contributed by atoms with E-state index in [-0.39, 0.29) is 24.4 Å². The first-order valence-electron chi connectivity index (χ1n) is 11.7. The number of anilines is 1. The van der Waals surface area contributed by atoms with Gasteiger partial charge in [-0.1, -0.05) is 11.8 Å². The average Bonchev–Trinajstić information content (AvgIpc) is 3.58. The Hall–Kier alpha value is -3.05. The van der Waals surface area contributed by atoms with E-state index in [1.165, 1.54) is 28.0 Å². The fraction of sp³-hybridized carbons (Fsp3) is 0.417. The van der Waals surface area contributed by atoms with E-state index in [9.17, 15) is 9.59 Å². The largest absolute Gasteiger partial charge is 0.462 e. The number of thiophene rings is 1. The van der Waals surface area contributed by atoms with E-state index < -0.39 is 0 Å². The van der Waals surface area contributed by atoms with Crippen LogP contribution in [0.25, 0.3) is 11.4 Å². The normalized spacial score (nSPS) is 14.0. The van der Waals surface area contributed by atoms with Gasteiger partial charge >= 0.3 is 5.97 Å². The summed E-state index contributed by atoms with van der Waals surface area (Å²) >= 11 is 2.80. The molecule has 9 nitrogen and oxygen atoms in total. The van der Waals surface area contributed by atoms with Crippen LogP contribution in [0.5, 0.6) is 11.5 Å². The van der Waals surface area contributed by atoms with Gasteiger partial charge in [0.2, 0.25) is 12.7 Å². The lowest BCUT2D eigenvalue weighted by Gasteiger charge is -2.12.